The molecule has 0 aliphatic heterocycles. The van der Waals surface area contributed by atoms with Crippen molar-refractivity contribution < 1.29 is 5.11 Å². The van der Waals surface area contributed by atoms with Gasteiger partial charge < -0.3 is 10.0 Å². The topological polar surface area (TPSA) is 23.5 Å². The summed E-state index contributed by atoms with van der Waals surface area (Å²) in [6.07, 6.45) is 3.36. The summed E-state index contributed by atoms with van der Waals surface area (Å²) >= 11 is 0. The Hall–Kier alpha value is -1.28. The first-order valence-corrected chi connectivity index (χ1v) is 6.37. The largest absolute Gasteiger partial charge is 0.388 e. The second-order valence-corrected chi connectivity index (χ2v) is 4.22. The highest BCUT2D eigenvalue weighted by atomic mass is 16.3. The van der Waals surface area contributed by atoms with Gasteiger partial charge in [0.2, 0.25) is 0 Å². The van der Waals surface area contributed by atoms with Crippen LogP contribution in [-0.4, -0.2) is 18.2 Å². The van der Waals surface area contributed by atoms with Gasteiger partial charge in [0.25, 0.3) is 0 Å². The zero-order chi connectivity index (χ0) is 12.7. The quantitative estimate of drug-likeness (QED) is 0.728. The van der Waals surface area contributed by atoms with E-state index in [2.05, 4.69) is 24.5 Å². The maximum Gasteiger partial charge on any atom is 0.0807 e. The van der Waals surface area contributed by atoms with Gasteiger partial charge in [0, 0.05) is 24.3 Å². The first-order valence-electron chi connectivity index (χ1n) is 6.37. The van der Waals surface area contributed by atoms with Crippen molar-refractivity contribution in [1.82, 2.24) is 0 Å². The second-order valence-electron chi connectivity index (χ2n) is 4.22. The lowest BCUT2D eigenvalue weighted by Crippen LogP contribution is -2.25. The van der Waals surface area contributed by atoms with E-state index >= 15 is 0 Å². The fourth-order valence-electron chi connectivity index (χ4n) is 2.01. The average molecular weight is 233 g/mol. The van der Waals surface area contributed by atoms with Crippen LogP contribution in [0, 0.1) is 0 Å². The van der Waals surface area contributed by atoms with E-state index in [1.54, 1.807) is 0 Å². The Kier molecular flexibility index (Phi) is 5.78. The molecule has 0 saturated carbocycles. The molecule has 2 nitrogen and oxygen atoms in total. The lowest BCUT2D eigenvalue weighted by Gasteiger charge is -2.27. The van der Waals surface area contributed by atoms with Gasteiger partial charge in [-0.3, -0.25) is 0 Å². The van der Waals surface area contributed by atoms with Gasteiger partial charge in [-0.2, -0.15) is 0 Å². The maximum atomic E-state index is 10.0. The fourth-order valence-corrected chi connectivity index (χ4v) is 2.01. The van der Waals surface area contributed by atoms with Crippen LogP contribution < -0.4 is 4.90 Å². The molecule has 0 bridgehead atoms. The van der Waals surface area contributed by atoms with Crippen LogP contribution >= 0.6 is 0 Å². The first-order chi connectivity index (χ1) is 8.24. The predicted octanol–water partition coefficient (Wildman–Crippen LogP) is 3.53. The number of para-hydroxylation sites is 1. The molecule has 0 saturated heterocycles. The van der Waals surface area contributed by atoms with Crippen molar-refractivity contribution in [3.8, 4) is 0 Å². The molecule has 0 heterocycles. The van der Waals surface area contributed by atoms with Crippen LogP contribution in [0.25, 0.3) is 0 Å². The van der Waals surface area contributed by atoms with Gasteiger partial charge in [-0.05, 0) is 18.9 Å². The number of hydrogen-bond donors (Lipinski definition) is 1. The molecular formula is C15H23NO. The van der Waals surface area contributed by atoms with Crippen LogP contribution in [-0.2, 0) is 0 Å². The lowest BCUT2D eigenvalue weighted by atomic mass is 10.0. The Morgan fingerprint density at radius 1 is 1.35 bits per heavy atom. The van der Waals surface area contributed by atoms with Crippen LogP contribution in [0.2, 0.25) is 0 Å². The molecule has 1 atom stereocenters. The molecule has 1 aromatic rings. The normalized spacial score (nSPS) is 12.2. The van der Waals surface area contributed by atoms with E-state index in [0.29, 0.717) is 0 Å². The Morgan fingerprint density at radius 3 is 2.65 bits per heavy atom. The molecule has 0 radical (unpaired) electrons. The standard InChI is InChI=1S/C15H23NO/c1-4-11-16(12-5-2)14-10-8-7-9-13(14)15(17)6-3/h4,7-10,15,17H,1,5-6,11-12H2,2-3H3/t15-/m0/s1. The number of nitrogens with zero attached hydrogens (tertiary/aromatic N) is 1. The molecule has 0 fully saturated rings. The van der Waals surface area contributed by atoms with Gasteiger partial charge in [0.15, 0.2) is 0 Å². The number of hydrogen-bond acceptors (Lipinski definition) is 2. The zero-order valence-corrected chi connectivity index (χ0v) is 10.9. The Morgan fingerprint density at radius 2 is 2.06 bits per heavy atom. The van der Waals surface area contributed by atoms with Gasteiger partial charge >= 0.3 is 0 Å². The maximum absolute atomic E-state index is 10.0. The van der Waals surface area contributed by atoms with E-state index in [4.69, 9.17) is 0 Å². The van der Waals surface area contributed by atoms with E-state index in [1.165, 1.54) is 0 Å². The van der Waals surface area contributed by atoms with Gasteiger partial charge in [0.05, 0.1) is 6.10 Å². The third-order valence-corrected chi connectivity index (χ3v) is 2.87. The summed E-state index contributed by atoms with van der Waals surface area (Å²) in [5, 5.41) is 10.0. The van der Waals surface area contributed by atoms with Crippen LogP contribution in [0.5, 0.6) is 0 Å². The van der Waals surface area contributed by atoms with E-state index in [1.807, 2.05) is 31.2 Å². The van der Waals surface area contributed by atoms with Crippen molar-refractivity contribution in [2.24, 2.45) is 0 Å². The van der Waals surface area contributed by atoms with Crippen molar-refractivity contribution >= 4 is 5.69 Å². The summed E-state index contributed by atoms with van der Waals surface area (Å²) in [4.78, 5) is 2.27. The third kappa shape index (κ3) is 3.60. The van der Waals surface area contributed by atoms with Crippen molar-refractivity contribution in [3.05, 3.63) is 42.5 Å². The van der Waals surface area contributed by atoms with Crippen molar-refractivity contribution in [1.29, 1.82) is 0 Å². The molecule has 0 unspecified atom stereocenters. The van der Waals surface area contributed by atoms with E-state index < -0.39 is 0 Å². The van der Waals surface area contributed by atoms with Crippen molar-refractivity contribution in [2.45, 2.75) is 32.8 Å². The molecule has 0 aromatic heterocycles. The molecule has 1 N–H and O–H groups in total. The highest BCUT2D eigenvalue weighted by molar-refractivity contribution is 5.55. The summed E-state index contributed by atoms with van der Waals surface area (Å²) in [6, 6.07) is 8.09. The molecule has 17 heavy (non-hydrogen) atoms. The van der Waals surface area contributed by atoms with Crippen molar-refractivity contribution in [3.63, 3.8) is 0 Å². The minimum Gasteiger partial charge on any atom is -0.388 e. The summed E-state index contributed by atoms with van der Waals surface area (Å²) in [5.41, 5.74) is 2.15. The molecule has 94 valence electrons. The third-order valence-electron chi connectivity index (χ3n) is 2.87. The summed E-state index contributed by atoms with van der Waals surface area (Å²) in [6.45, 7) is 9.77. The first kappa shape index (κ1) is 13.8. The fraction of sp³-hybridized carbons (Fsp3) is 0.467. The second kappa shape index (κ2) is 7.13. The molecule has 0 amide bonds. The summed E-state index contributed by atoms with van der Waals surface area (Å²) in [5.74, 6) is 0. The average Bonchev–Trinajstić information content (AvgIpc) is 2.37. The number of anilines is 1. The highest BCUT2D eigenvalue weighted by Gasteiger charge is 2.13. The summed E-state index contributed by atoms with van der Waals surface area (Å²) < 4.78 is 0. The monoisotopic (exact) mass is 233 g/mol. The SMILES string of the molecule is C=CCN(CCC)c1ccccc1[C@@H](O)CC. The Labute approximate surface area is 105 Å². The van der Waals surface area contributed by atoms with E-state index in [9.17, 15) is 5.11 Å². The smallest absolute Gasteiger partial charge is 0.0807 e. The number of aliphatic hydroxyl groups is 1. The number of rotatable bonds is 7. The number of aliphatic hydroxyl groups excluding tert-OH is 1. The minimum absolute atomic E-state index is 0.379. The molecule has 1 aromatic carbocycles. The lowest BCUT2D eigenvalue weighted by molar-refractivity contribution is 0.174. The predicted molar refractivity (Wildman–Crippen MR) is 74.4 cm³/mol. The van der Waals surface area contributed by atoms with Gasteiger partial charge in [-0.1, -0.05) is 38.1 Å². The molecule has 0 spiro atoms. The van der Waals surface area contributed by atoms with Crippen molar-refractivity contribution in [2.75, 3.05) is 18.0 Å². The minimum atomic E-state index is -0.379. The van der Waals surface area contributed by atoms with Gasteiger partial charge in [-0.25, -0.2) is 0 Å². The van der Waals surface area contributed by atoms with E-state index in [0.717, 1.165) is 37.2 Å². The highest BCUT2D eigenvalue weighted by Crippen LogP contribution is 2.28. The van der Waals surface area contributed by atoms with Crippen LogP contribution in [0.4, 0.5) is 5.69 Å². The molecule has 1 rings (SSSR count). The zero-order valence-electron chi connectivity index (χ0n) is 10.9. The van der Waals surface area contributed by atoms with Crippen LogP contribution in [0.15, 0.2) is 36.9 Å². The Bertz CT molecular complexity index is 349. The van der Waals surface area contributed by atoms with Crippen LogP contribution in [0.3, 0.4) is 0 Å². The van der Waals surface area contributed by atoms with E-state index in [-0.39, 0.29) is 6.10 Å². The van der Waals surface area contributed by atoms with Crippen LogP contribution in [0.1, 0.15) is 38.4 Å². The summed E-state index contributed by atoms with van der Waals surface area (Å²) in [7, 11) is 0. The van der Waals surface area contributed by atoms with Gasteiger partial charge in [-0.15, -0.1) is 6.58 Å². The molecule has 0 aliphatic carbocycles. The number of benzene rings is 1. The molecule has 2 heteroatoms. The molecule has 0 aliphatic rings. The molecular weight excluding hydrogens is 210 g/mol. The Balaban J connectivity index is 3.03. The van der Waals surface area contributed by atoms with Gasteiger partial charge in [0.1, 0.15) is 0 Å².